The van der Waals surface area contributed by atoms with E-state index in [0.717, 1.165) is 0 Å². The number of hydrogen-bond acceptors (Lipinski definition) is 3. The van der Waals surface area contributed by atoms with Gasteiger partial charge in [-0.3, -0.25) is 9.59 Å². The van der Waals surface area contributed by atoms with Crippen LogP contribution in [0.2, 0.25) is 10.0 Å². The third kappa shape index (κ3) is 2.94. The average Bonchev–Trinajstić information content (AvgIpc) is 2.81. The van der Waals surface area contributed by atoms with Crippen molar-refractivity contribution in [1.29, 1.82) is 0 Å². The molecule has 2 rings (SSSR count). The van der Waals surface area contributed by atoms with Crippen molar-refractivity contribution >= 4 is 35.1 Å². The van der Waals surface area contributed by atoms with Gasteiger partial charge in [-0.05, 0) is 25.5 Å². The molecule has 0 bridgehead atoms. The maximum atomic E-state index is 12.4. The summed E-state index contributed by atoms with van der Waals surface area (Å²) < 4.78 is 5.03. The average molecular weight is 332 g/mol. The summed E-state index contributed by atoms with van der Waals surface area (Å²) in [7, 11) is 1.44. The second kappa shape index (κ2) is 5.73. The molecule has 1 fully saturated rings. The predicted molar refractivity (Wildman–Crippen MR) is 79.3 cm³/mol. The molecule has 21 heavy (non-hydrogen) atoms. The number of carboxylic acid groups (broad SMARTS) is 1. The largest absolute Gasteiger partial charge is 0.494 e. The number of aliphatic carboxylic acids is 1. The van der Waals surface area contributed by atoms with E-state index in [-0.39, 0.29) is 22.5 Å². The third-order valence-corrected chi connectivity index (χ3v) is 4.29. The molecule has 0 saturated carbocycles. The first kappa shape index (κ1) is 15.9. The van der Waals surface area contributed by atoms with Gasteiger partial charge in [-0.15, -0.1) is 0 Å². The molecule has 0 spiro atoms. The molecule has 1 N–H and O–H groups in total. The van der Waals surface area contributed by atoms with Gasteiger partial charge >= 0.3 is 5.97 Å². The zero-order chi connectivity index (χ0) is 15.8. The molecule has 1 aromatic carbocycles. The van der Waals surface area contributed by atoms with Crippen LogP contribution in [0.5, 0.6) is 5.75 Å². The summed E-state index contributed by atoms with van der Waals surface area (Å²) in [5, 5.41) is 9.69. The number of carbonyl (C=O) groups is 2. The minimum atomic E-state index is -0.907. The van der Waals surface area contributed by atoms with Gasteiger partial charge in [0.05, 0.1) is 22.6 Å². The van der Waals surface area contributed by atoms with Gasteiger partial charge in [0.1, 0.15) is 0 Å². The minimum Gasteiger partial charge on any atom is -0.494 e. The van der Waals surface area contributed by atoms with Crippen LogP contribution in [-0.4, -0.2) is 42.1 Å². The van der Waals surface area contributed by atoms with Gasteiger partial charge in [-0.25, -0.2) is 0 Å². The lowest BCUT2D eigenvalue weighted by molar-refractivity contribution is -0.147. The summed E-state index contributed by atoms with van der Waals surface area (Å²) in [4.78, 5) is 25.2. The maximum Gasteiger partial charge on any atom is 0.311 e. The molecule has 0 radical (unpaired) electrons. The Kier molecular flexibility index (Phi) is 4.35. The summed E-state index contributed by atoms with van der Waals surface area (Å²) >= 11 is 12.0. The van der Waals surface area contributed by atoms with Gasteiger partial charge in [0.15, 0.2) is 5.75 Å². The van der Waals surface area contributed by atoms with E-state index >= 15 is 0 Å². The number of halogens is 2. The highest BCUT2D eigenvalue weighted by Gasteiger charge is 2.42. The van der Waals surface area contributed by atoms with E-state index in [1.165, 1.54) is 24.1 Å². The van der Waals surface area contributed by atoms with E-state index in [0.29, 0.717) is 24.3 Å². The molecule has 114 valence electrons. The summed E-state index contributed by atoms with van der Waals surface area (Å²) in [6.45, 7) is 2.20. The molecule has 1 saturated heterocycles. The number of nitrogens with zero attached hydrogens (tertiary/aromatic N) is 1. The van der Waals surface area contributed by atoms with Crippen molar-refractivity contribution in [3.63, 3.8) is 0 Å². The Morgan fingerprint density at radius 2 is 1.90 bits per heavy atom. The van der Waals surface area contributed by atoms with Crippen LogP contribution in [0, 0.1) is 5.41 Å². The van der Waals surface area contributed by atoms with Gasteiger partial charge in [0.25, 0.3) is 5.91 Å². The van der Waals surface area contributed by atoms with Crippen LogP contribution in [0.1, 0.15) is 23.7 Å². The minimum absolute atomic E-state index is 0.169. The van der Waals surface area contributed by atoms with E-state index in [1.54, 1.807) is 6.92 Å². The first-order valence-corrected chi connectivity index (χ1v) is 7.10. The molecule has 5 nitrogen and oxygen atoms in total. The Morgan fingerprint density at radius 3 is 2.33 bits per heavy atom. The Hall–Kier alpha value is -1.46. The third-order valence-electron chi connectivity index (χ3n) is 3.73. The van der Waals surface area contributed by atoms with Crippen LogP contribution in [0.25, 0.3) is 0 Å². The topological polar surface area (TPSA) is 66.8 Å². The highest BCUT2D eigenvalue weighted by molar-refractivity contribution is 6.37. The lowest BCUT2D eigenvalue weighted by atomic mass is 9.90. The number of likely N-dealkylation sites (tertiary alicyclic amines) is 1. The number of rotatable bonds is 3. The van der Waals surface area contributed by atoms with Crippen LogP contribution in [-0.2, 0) is 4.79 Å². The SMILES string of the molecule is COc1c(Cl)cc(C(=O)N2CC[C@@](C)(C(=O)O)C2)cc1Cl. The van der Waals surface area contributed by atoms with Gasteiger partial charge in [0, 0.05) is 18.7 Å². The molecule has 0 aromatic heterocycles. The van der Waals surface area contributed by atoms with E-state index in [1.807, 2.05) is 0 Å². The number of carbonyl (C=O) groups excluding carboxylic acids is 1. The fourth-order valence-electron chi connectivity index (χ4n) is 2.37. The lowest BCUT2D eigenvalue weighted by Crippen LogP contribution is -2.34. The number of methoxy groups -OCH3 is 1. The molecule has 7 heteroatoms. The molecule has 1 heterocycles. The molecule has 0 unspecified atom stereocenters. The van der Waals surface area contributed by atoms with Crippen molar-refractivity contribution in [3.05, 3.63) is 27.7 Å². The fourth-order valence-corrected chi connectivity index (χ4v) is 3.01. The van der Waals surface area contributed by atoms with E-state index < -0.39 is 11.4 Å². The highest BCUT2D eigenvalue weighted by Crippen LogP contribution is 2.36. The van der Waals surface area contributed by atoms with E-state index in [4.69, 9.17) is 27.9 Å². The van der Waals surface area contributed by atoms with E-state index in [2.05, 4.69) is 0 Å². The number of benzene rings is 1. The molecule has 1 amide bonds. The van der Waals surface area contributed by atoms with Crippen molar-refractivity contribution in [2.75, 3.05) is 20.2 Å². The van der Waals surface area contributed by atoms with Gasteiger partial charge < -0.3 is 14.7 Å². The maximum absolute atomic E-state index is 12.4. The summed E-state index contributed by atoms with van der Waals surface area (Å²) in [6, 6.07) is 2.95. The molecule has 1 aliphatic heterocycles. The van der Waals surface area contributed by atoms with E-state index in [9.17, 15) is 14.7 Å². The van der Waals surface area contributed by atoms with Crippen molar-refractivity contribution < 1.29 is 19.4 Å². The van der Waals surface area contributed by atoms with Gasteiger partial charge in [-0.2, -0.15) is 0 Å². The van der Waals surface area contributed by atoms with Crippen molar-refractivity contribution in [3.8, 4) is 5.75 Å². The van der Waals surface area contributed by atoms with Crippen LogP contribution >= 0.6 is 23.2 Å². The zero-order valence-electron chi connectivity index (χ0n) is 11.7. The number of amides is 1. The quantitative estimate of drug-likeness (QED) is 0.924. The zero-order valence-corrected chi connectivity index (χ0v) is 13.2. The second-order valence-corrected chi connectivity index (χ2v) is 6.13. The second-order valence-electron chi connectivity index (χ2n) is 5.32. The Balaban J connectivity index is 2.24. The molecule has 0 aliphatic carbocycles. The standard InChI is InChI=1S/C14H15Cl2NO4/c1-14(13(19)20)3-4-17(7-14)12(18)8-5-9(15)11(21-2)10(16)6-8/h5-6H,3-4,7H2,1-2H3,(H,19,20)/t14-/m1/s1. The molecular formula is C14H15Cl2NO4. The van der Waals surface area contributed by atoms with Crippen LogP contribution in [0.4, 0.5) is 0 Å². The molecule has 1 atom stereocenters. The number of carboxylic acids is 1. The first-order chi connectivity index (χ1) is 9.78. The summed E-state index contributed by atoms with van der Waals surface area (Å²) in [5.41, 5.74) is -0.587. The Bertz CT molecular complexity index is 582. The Labute approximate surface area is 132 Å². The van der Waals surface area contributed by atoms with Crippen LogP contribution in [0.15, 0.2) is 12.1 Å². The molecule has 1 aliphatic rings. The predicted octanol–water partition coefficient (Wildman–Crippen LogP) is 2.94. The summed E-state index contributed by atoms with van der Waals surface area (Å²) in [5.74, 6) is -0.873. The number of ether oxygens (including phenoxy) is 1. The smallest absolute Gasteiger partial charge is 0.311 e. The van der Waals surface area contributed by atoms with Crippen LogP contribution in [0.3, 0.4) is 0 Å². The highest BCUT2D eigenvalue weighted by atomic mass is 35.5. The van der Waals surface area contributed by atoms with Crippen molar-refractivity contribution in [2.45, 2.75) is 13.3 Å². The van der Waals surface area contributed by atoms with Crippen molar-refractivity contribution in [2.24, 2.45) is 5.41 Å². The monoisotopic (exact) mass is 331 g/mol. The normalized spacial score (nSPS) is 21.4. The molecular weight excluding hydrogens is 317 g/mol. The lowest BCUT2D eigenvalue weighted by Gasteiger charge is -2.20. The van der Waals surface area contributed by atoms with Crippen LogP contribution < -0.4 is 4.74 Å². The number of hydrogen-bond donors (Lipinski definition) is 1. The fraction of sp³-hybridized carbons (Fsp3) is 0.429. The van der Waals surface area contributed by atoms with Gasteiger partial charge in [-0.1, -0.05) is 23.2 Å². The first-order valence-electron chi connectivity index (χ1n) is 6.34. The van der Waals surface area contributed by atoms with Gasteiger partial charge in [0.2, 0.25) is 0 Å². The summed E-state index contributed by atoms with van der Waals surface area (Å²) in [6.07, 6.45) is 0.422. The van der Waals surface area contributed by atoms with Crippen molar-refractivity contribution in [1.82, 2.24) is 4.90 Å². The Morgan fingerprint density at radius 1 is 1.33 bits per heavy atom. The molecule has 1 aromatic rings.